The van der Waals surface area contributed by atoms with Gasteiger partial charge in [-0.25, -0.2) is 8.42 Å². The van der Waals surface area contributed by atoms with Gasteiger partial charge in [0, 0.05) is 0 Å². The van der Waals surface area contributed by atoms with Crippen molar-refractivity contribution in [2.24, 2.45) is 0 Å². The Morgan fingerprint density at radius 1 is 1.03 bits per heavy atom. The van der Waals surface area contributed by atoms with Crippen molar-refractivity contribution in [3.8, 4) is 5.75 Å². The van der Waals surface area contributed by atoms with Crippen molar-refractivity contribution in [2.75, 3.05) is 23.7 Å². The molecule has 6 nitrogen and oxygen atoms in total. The zero-order valence-corrected chi connectivity index (χ0v) is 19.5. The van der Waals surface area contributed by atoms with Crippen molar-refractivity contribution in [2.45, 2.75) is 47.1 Å². The molecular weight excluding hydrogens is 400 g/mol. The number of carbonyl (C=O) groups is 1. The lowest BCUT2D eigenvalue weighted by molar-refractivity contribution is -0.122. The molecule has 0 radical (unpaired) electrons. The molecule has 0 saturated carbocycles. The summed E-state index contributed by atoms with van der Waals surface area (Å²) in [6.07, 6.45) is 1.48. The number of rotatable bonds is 9. The SMILES string of the molecule is CC[C@@H](C(=O)NCCOc1cc(C)ccc1C)N(c1cc(C)cc(C)c1)S(C)(=O)=O. The Morgan fingerprint density at radius 2 is 1.67 bits per heavy atom. The van der Waals surface area contributed by atoms with E-state index in [1.807, 2.05) is 52.0 Å². The van der Waals surface area contributed by atoms with Gasteiger partial charge in [0.05, 0.1) is 18.5 Å². The minimum Gasteiger partial charge on any atom is -0.491 e. The van der Waals surface area contributed by atoms with E-state index in [9.17, 15) is 13.2 Å². The summed E-state index contributed by atoms with van der Waals surface area (Å²) in [5, 5.41) is 2.82. The Bertz CT molecular complexity index is 982. The van der Waals surface area contributed by atoms with Crippen molar-refractivity contribution >= 4 is 21.6 Å². The van der Waals surface area contributed by atoms with E-state index in [2.05, 4.69) is 5.32 Å². The lowest BCUT2D eigenvalue weighted by atomic mass is 10.1. The molecule has 1 amide bonds. The van der Waals surface area contributed by atoms with Crippen LogP contribution in [0.3, 0.4) is 0 Å². The number of nitrogens with zero attached hydrogens (tertiary/aromatic N) is 1. The summed E-state index contributed by atoms with van der Waals surface area (Å²) < 4.78 is 32.1. The number of hydrogen-bond acceptors (Lipinski definition) is 4. The van der Waals surface area contributed by atoms with Crippen molar-refractivity contribution in [3.63, 3.8) is 0 Å². The Balaban J connectivity index is 2.11. The van der Waals surface area contributed by atoms with E-state index >= 15 is 0 Å². The number of benzene rings is 2. The molecule has 164 valence electrons. The predicted octanol–water partition coefficient (Wildman–Crippen LogP) is 3.66. The topological polar surface area (TPSA) is 75.7 Å². The zero-order chi connectivity index (χ0) is 22.5. The highest BCUT2D eigenvalue weighted by Crippen LogP contribution is 2.25. The molecule has 0 aliphatic rings. The Hall–Kier alpha value is -2.54. The fourth-order valence-electron chi connectivity index (χ4n) is 3.45. The molecule has 2 aromatic rings. The molecule has 30 heavy (non-hydrogen) atoms. The van der Waals surface area contributed by atoms with Crippen molar-refractivity contribution < 1.29 is 17.9 Å². The number of carbonyl (C=O) groups excluding carboxylic acids is 1. The van der Waals surface area contributed by atoms with Crippen LogP contribution in [0.25, 0.3) is 0 Å². The van der Waals surface area contributed by atoms with Gasteiger partial charge < -0.3 is 10.1 Å². The lowest BCUT2D eigenvalue weighted by Gasteiger charge is -2.30. The lowest BCUT2D eigenvalue weighted by Crippen LogP contribution is -2.50. The van der Waals surface area contributed by atoms with Gasteiger partial charge in [-0.05, 0) is 74.6 Å². The molecule has 1 N–H and O–H groups in total. The smallest absolute Gasteiger partial charge is 0.244 e. The highest BCUT2D eigenvalue weighted by Gasteiger charge is 2.31. The maximum Gasteiger partial charge on any atom is 0.244 e. The van der Waals surface area contributed by atoms with Crippen LogP contribution in [0.1, 0.15) is 35.6 Å². The number of ether oxygens (including phenoxy) is 1. The average molecular weight is 433 g/mol. The minimum absolute atomic E-state index is 0.285. The first-order valence-electron chi connectivity index (χ1n) is 10.1. The van der Waals surface area contributed by atoms with Crippen molar-refractivity contribution in [1.29, 1.82) is 0 Å². The highest BCUT2D eigenvalue weighted by molar-refractivity contribution is 7.92. The predicted molar refractivity (Wildman–Crippen MR) is 122 cm³/mol. The quantitative estimate of drug-likeness (QED) is 0.614. The summed E-state index contributed by atoms with van der Waals surface area (Å²) in [6, 6.07) is 10.7. The van der Waals surface area contributed by atoms with Gasteiger partial charge in [0.15, 0.2) is 0 Å². The van der Waals surface area contributed by atoms with Crippen LogP contribution in [0.5, 0.6) is 5.75 Å². The molecule has 2 rings (SSSR count). The number of aryl methyl sites for hydroxylation is 4. The average Bonchev–Trinajstić information content (AvgIpc) is 2.63. The number of anilines is 1. The second-order valence-corrected chi connectivity index (χ2v) is 9.60. The molecule has 0 fully saturated rings. The van der Waals surface area contributed by atoms with Gasteiger partial charge in [-0.3, -0.25) is 9.10 Å². The van der Waals surface area contributed by atoms with Crippen LogP contribution in [-0.2, 0) is 14.8 Å². The second-order valence-electron chi connectivity index (χ2n) is 7.74. The first-order valence-corrected chi connectivity index (χ1v) is 11.9. The second kappa shape index (κ2) is 9.98. The Labute approximate surface area is 180 Å². The summed E-state index contributed by atoms with van der Waals surface area (Å²) in [7, 11) is -3.65. The molecule has 0 unspecified atom stereocenters. The summed E-state index contributed by atoms with van der Waals surface area (Å²) in [6.45, 7) is 10.2. The van der Waals surface area contributed by atoms with Crippen LogP contribution < -0.4 is 14.4 Å². The van der Waals surface area contributed by atoms with Crippen LogP contribution in [0, 0.1) is 27.7 Å². The highest BCUT2D eigenvalue weighted by atomic mass is 32.2. The normalized spacial score (nSPS) is 12.3. The zero-order valence-electron chi connectivity index (χ0n) is 18.7. The van der Waals surface area contributed by atoms with Gasteiger partial charge in [-0.2, -0.15) is 0 Å². The molecule has 2 aromatic carbocycles. The van der Waals surface area contributed by atoms with Gasteiger partial charge in [0.25, 0.3) is 0 Å². The van der Waals surface area contributed by atoms with E-state index in [1.165, 1.54) is 4.31 Å². The molecule has 7 heteroatoms. The summed E-state index contributed by atoms with van der Waals surface area (Å²) >= 11 is 0. The van der Waals surface area contributed by atoms with Gasteiger partial charge in [0.2, 0.25) is 15.9 Å². The molecule has 0 aliphatic carbocycles. The van der Waals surface area contributed by atoms with Gasteiger partial charge in [-0.15, -0.1) is 0 Å². The number of nitrogens with one attached hydrogen (secondary N) is 1. The fourth-order valence-corrected chi connectivity index (χ4v) is 4.65. The summed E-state index contributed by atoms with van der Waals surface area (Å²) in [5.74, 6) is 0.441. The maximum absolute atomic E-state index is 12.9. The van der Waals surface area contributed by atoms with Crippen LogP contribution in [0.15, 0.2) is 36.4 Å². The van der Waals surface area contributed by atoms with Crippen LogP contribution in [-0.4, -0.2) is 39.8 Å². The summed E-state index contributed by atoms with van der Waals surface area (Å²) in [5.41, 5.74) is 4.51. The number of hydrogen-bond donors (Lipinski definition) is 1. The number of sulfonamides is 1. The largest absolute Gasteiger partial charge is 0.491 e. The third-order valence-corrected chi connectivity index (χ3v) is 5.97. The maximum atomic E-state index is 12.9. The third kappa shape index (κ3) is 6.23. The van der Waals surface area contributed by atoms with Crippen LogP contribution >= 0.6 is 0 Å². The Morgan fingerprint density at radius 3 is 2.23 bits per heavy atom. The van der Waals surface area contributed by atoms with E-state index < -0.39 is 16.1 Å². The first kappa shape index (κ1) is 23.7. The molecule has 0 heterocycles. The minimum atomic E-state index is -3.65. The van der Waals surface area contributed by atoms with Crippen LogP contribution in [0.2, 0.25) is 0 Å². The van der Waals surface area contributed by atoms with E-state index in [0.717, 1.165) is 34.3 Å². The number of amides is 1. The van der Waals surface area contributed by atoms with Gasteiger partial charge in [-0.1, -0.05) is 25.1 Å². The van der Waals surface area contributed by atoms with Crippen molar-refractivity contribution in [1.82, 2.24) is 5.32 Å². The molecule has 0 bridgehead atoms. The molecule has 0 saturated heterocycles. The van der Waals surface area contributed by atoms with Gasteiger partial charge >= 0.3 is 0 Å². The molecule has 0 aromatic heterocycles. The Kier molecular flexibility index (Phi) is 7.89. The standard InChI is InChI=1S/C23H32N2O4S/c1-7-21(25(30(6,27)28)20-13-17(3)12-18(4)14-20)23(26)24-10-11-29-22-15-16(2)8-9-19(22)5/h8-9,12-15,21H,7,10-11H2,1-6H3,(H,24,26)/t21-/m0/s1. The van der Waals surface area contributed by atoms with Crippen LogP contribution in [0.4, 0.5) is 5.69 Å². The van der Waals surface area contributed by atoms with E-state index in [0.29, 0.717) is 18.7 Å². The fraction of sp³-hybridized carbons (Fsp3) is 0.435. The monoisotopic (exact) mass is 432 g/mol. The van der Waals surface area contributed by atoms with Crippen molar-refractivity contribution in [3.05, 3.63) is 58.7 Å². The van der Waals surface area contributed by atoms with E-state index in [1.54, 1.807) is 19.1 Å². The molecule has 1 atom stereocenters. The van der Waals surface area contributed by atoms with Gasteiger partial charge in [0.1, 0.15) is 18.4 Å². The molecule has 0 aliphatic heterocycles. The molecule has 0 spiro atoms. The first-order chi connectivity index (χ1) is 14.0. The third-order valence-electron chi connectivity index (χ3n) is 4.79. The van der Waals surface area contributed by atoms with E-state index in [4.69, 9.17) is 4.74 Å². The summed E-state index contributed by atoms with van der Waals surface area (Å²) in [4.78, 5) is 12.9. The van der Waals surface area contributed by atoms with E-state index in [-0.39, 0.29) is 12.5 Å². The molecular formula is C23H32N2O4S.